The molecule has 0 aliphatic carbocycles. The minimum atomic E-state index is -0.247. The standard InChI is InChI=1S/C17H13NO/c1-13-7-9-14(10-8-13)11-16(12-18)17(19)15-5-3-2-4-6-15/h2-11H,1H3/b16-11-. The molecule has 0 N–H and O–H groups in total. The summed E-state index contributed by atoms with van der Waals surface area (Å²) in [6.45, 7) is 1.99. The van der Waals surface area contributed by atoms with Gasteiger partial charge in [0.1, 0.15) is 11.6 Å². The second-order valence-electron chi connectivity index (χ2n) is 4.28. The molecule has 2 nitrogen and oxygen atoms in total. The quantitative estimate of drug-likeness (QED) is 0.470. The maximum absolute atomic E-state index is 12.2. The number of nitrogens with zero attached hydrogens (tertiary/aromatic N) is 1. The van der Waals surface area contributed by atoms with Crippen molar-refractivity contribution in [3.8, 4) is 6.07 Å². The number of benzene rings is 2. The van der Waals surface area contributed by atoms with Gasteiger partial charge in [-0.15, -0.1) is 0 Å². The van der Waals surface area contributed by atoms with Gasteiger partial charge in [-0.25, -0.2) is 0 Å². The molecule has 0 unspecified atom stereocenters. The highest BCUT2D eigenvalue weighted by atomic mass is 16.1. The second kappa shape index (κ2) is 5.79. The summed E-state index contributed by atoms with van der Waals surface area (Å²) >= 11 is 0. The normalized spacial score (nSPS) is 10.8. The molecule has 0 spiro atoms. The van der Waals surface area contributed by atoms with Crippen LogP contribution in [0.25, 0.3) is 6.08 Å². The summed E-state index contributed by atoms with van der Waals surface area (Å²) in [6.07, 6.45) is 1.62. The fourth-order valence-electron chi connectivity index (χ4n) is 1.72. The van der Waals surface area contributed by atoms with E-state index in [0.29, 0.717) is 5.56 Å². The van der Waals surface area contributed by atoms with Crippen LogP contribution in [0.3, 0.4) is 0 Å². The molecule has 2 aromatic rings. The summed E-state index contributed by atoms with van der Waals surface area (Å²) < 4.78 is 0. The van der Waals surface area contributed by atoms with E-state index >= 15 is 0 Å². The lowest BCUT2D eigenvalue weighted by Gasteiger charge is -2.00. The van der Waals surface area contributed by atoms with Gasteiger partial charge in [0.25, 0.3) is 0 Å². The molecule has 0 saturated heterocycles. The Morgan fingerprint density at radius 2 is 1.68 bits per heavy atom. The molecular formula is C17H13NO. The molecule has 0 heterocycles. The molecule has 19 heavy (non-hydrogen) atoms. The Labute approximate surface area is 112 Å². The molecule has 0 fully saturated rings. The molecule has 0 aliphatic rings. The van der Waals surface area contributed by atoms with E-state index in [1.807, 2.05) is 43.3 Å². The van der Waals surface area contributed by atoms with Crippen molar-refractivity contribution < 1.29 is 4.79 Å². The van der Waals surface area contributed by atoms with Crippen molar-refractivity contribution in [3.05, 3.63) is 76.9 Å². The van der Waals surface area contributed by atoms with E-state index in [2.05, 4.69) is 0 Å². The molecule has 2 heteroatoms. The summed E-state index contributed by atoms with van der Waals surface area (Å²) in [4.78, 5) is 12.2. The van der Waals surface area contributed by atoms with Crippen molar-refractivity contribution in [1.29, 1.82) is 5.26 Å². The molecule has 0 aliphatic heterocycles. The molecule has 0 amide bonds. The van der Waals surface area contributed by atoms with Crippen LogP contribution >= 0.6 is 0 Å². The number of carbonyl (C=O) groups excluding carboxylic acids is 1. The van der Waals surface area contributed by atoms with Crippen LogP contribution < -0.4 is 0 Å². The molecule has 92 valence electrons. The van der Waals surface area contributed by atoms with Crippen molar-refractivity contribution in [2.75, 3.05) is 0 Å². The van der Waals surface area contributed by atoms with E-state index in [-0.39, 0.29) is 11.4 Å². The fourth-order valence-corrected chi connectivity index (χ4v) is 1.72. The Balaban J connectivity index is 2.33. The first kappa shape index (κ1) is 12.8. The van der Waals surface area contributed by atoms with Crippen LogP contribution in [-0.4, -0.2) is 5.78 Å². The van der Waals surface area contributed by atoms with E-state index in [1.54, 1.807) is 30.3 Å². The first-order chi connectivity index (χ1) is 9.20. The van der Waals surface area contributed by atoms with Crippen LogP contribution in [0.4, 0.5) is 0 Å². The summed E-state index contributed by atoms with van der Waals surface area (Å²) in [6, 6.07) is 18.5. The van der Waals surface area contributed by atoms with Gasteiger partial charge in [0.05, 0.1) is 0 Å². The largest absolute Gasteiger partial charge is 0.288 e. The van der Waals surface area contributed by atoms with Crippen LogP contribution in [0.5, 0.6) is 0 Å². The number of rotatable bonds is 3. The monoisotopic (exact) mass is 247 g/mol. The van der Waals surface area contributed by atoms with Gasteiger partial charge in [0.15, 0.2) is 0 Å². The first-order valence-electron chi connectivity index (χ1n) is 5.99. The molecule has 2 aromatic carbocycles. The second-order valence-corrected chi connectivity index (χ2v) is 4.28. The minimum Gasteiger partial charge on any atom is -0.288 e. The number of aryl methyl sites for hydroxylation is 1. The predicted octanol–water partition coefficient (Wildman–Crippen LogP) is 3.78. The maximum Gasteiger partial charge on any atom is 0.203 e. The number of hydrogen-bond donors (Lipinski definition) is 0. The zero-order valence-electron chi connectivity index (χ0n) is 10.6. The van der Waals surface area contributed by atoms with Gasteiger partial charge in [0.2, 0.25) is 5.78 Å². The third kappa shape index (κ3) is 3.17. The Morgan fingerprint density at radius 1 is 1.05 bits per heavy atom. The lowest BCUT2D eigenvalue weighted by Crippen LogP contribution is -2.01. The van der Waals surface area contributed by atoms with Crippen LogP contribution in [0.2, 0.25) is 0 Å². The first-order valence-corrected chi connectivity index (χ1v) is 5.99. The Bertz CT molecular complexity index is 646. The average Bonchev–Trinajstić information content (AvgIpc) is 2.47. The Kier molecular flexibility index (Phi) is 3.90. The van der Waals surface area contributed by atoms with Gasteiger partial charge in [-0.1, -0.05) is 60.2 Å². The lowest BCUT2D eigenvalue weighted by atomic mass is 10.0. The van der Waals surface area contributed by atoms with Crippen molar-refractivity contribution in [2.45, 2.75) is 6.92 Å². The zero-order chi connectivity index (χ0) is 13.7. The number of Topliss-reactive ketones (excluding diaryl/α,β-unsaturated/α-hetero) is 1. The lowest BCUT2D eigenvalue weighted by molar-refractivity contribution is 0.104. The van der Waals surface area contributed by atoms with E-state index in [9.17, 15) is 4.79 Å². The Morgan fingerprint density at radius 3 is 2.26 bits per heavy atom. The van der Waals surface area contributed by atoms with Crippen molar-refractivity contribution in [1.82, 2.24) is 0 Å². The Hall–Kier alpha value is -2.66. The van der Waals surface area contributed by atoms with Gasteiger partial charge < -0.3 is 0 Å². The summed E-state index contributed by atoms with van der Waals surface area (Å²) in [7, 11) is 0. The van der Waals surface area contributed by atoms with Gasteiger partial charge in [-0.05, 0) is 18.6 Å². The zero-order valence-corrected chi connectivity index (χ0v) is 10.6. The van der Waals surface area contributed by atoms with Crippen molar-refractivity contribution >= 4 is 11.9 Å². The van der Waals surface area contributed by atoms with E-state index in [0.717, 1.165) is 11.1 Å². The topological polar surface area (TPSA) is 40.9 Å². The molecular weight excluding hydrogens is 234 g/mol. The number of hydrogen-bond acceptors (Lipinski definition) is 2. The van der Waals surface area contributed by atoms with Crippen LogP contribution in [-0.2, 0) is 0 Å². The molecule has 0 radical (unpaired) electrons. The highest BCUT2D eigenvalue weighted by Gasteiger charge is 2.11. The molecule has 0 bridgehead atoms. The summed E-state index contributed by atoms with van der Waals surface area (Å²) in [5.41, 5.74) is 2.67. The van der Waals surface area contributed by atoms with Gasteiger partial charge in [0, 0.05) is 5.56 Å². The third-order valence-electron chi connectivity index (χ3n) is 2.79. The maximum atomic E-state index is 12.2. The molecule has 0 aromatic heterocycles. The third-order valence-corrected chi connectivity index (χ3v) is 2.79. The molecule has 0 atom stereocenters. The van der Waals surface area contributed by atoms with Crippen LogP contribution in [0, 0.1) is 18.3 Å². The van der Waals surface area contributed by atoms with E-state index < -0.39 is 0 Å². The van der Waals surface area contributed by atoms with Gasteiger partial charge in [-0.3, -0.25) is 4.79 Å². The molecule has 2 rings (SSSR count). The minimum absolute atomic E-state index is 0.148. The van der Waals surface area contributed by atoms with E-state index in [1.165, 1.54) is 0 Å². The summed E-state index contributed by atoms with van der Waals surface area (Å²) in [5.74, 6) is -0.247. The van der Waals surface area contributed by atoms with Crippen molar-refractivity contribution in [3.63, 3.8) is 0 Å². The highest BCUT2D eigenvalue weighted by molar-refractivity contribution is 6.13. The van der Waals surface area contributed by atoms with E-state index in [4.69, 9.17) is 5.26 Å². The van der Waals surface area contributed by atoms with Gasteiger partial charge >= 0.3 is 0 Å². The van der Waals surface area contributed by atoms with Crippen molar-refractivity contribution in [2.24, 2.45) is 0 Å². The SMILES string of the molecule is Cc1ccc(/C=C(/C#N)C(=O)c2ccccc2)cc1. The summed E-state index contributed by atoms with van der Waals surface area (Å²) in [5, 5.41) is 9.13. The average molecular weight is 247 g/mol. The predicted molar refractivity (Wildman–Crippen MR) is 75.5 cm³/mol. The highest BCUT2D eigenvalue weighted by Crippen LogP contribution is 2.13. The van der Waals surface area contributed by atoms with Crippen LogP contribution in [0.15, 0.2) is 60.2 Å². The number of nitriles is 1. The fraction of sp³-hybridized carbons (Fsp3) is 0.0588. The number of allylic oxidation sites excluding steroid dienone is 1. The van der Waals surface area contributed by atoms with Crippen LogP contribution in [0.1, 0.15) is 21.5 Å². The number of ketones is 1. The number of carbonyl (C=O) groups is 1. The molecule has 0 saturated carbocycles. The van der Waals surface area contributed by atoms with Gasteiger partial charge in [-0.2, -0.15) is 5.26 Å². The smallest absolute Gasteiger partial charge is 0.203 e.